The maximum absolute atomic E-state index is 14.9. The van der Waals surface area contributed by atoms with Gasteiger partial charge in [0.05, 0.1) is 30.2 Å². The van der Waals surface area contributed by atoms with Crippen LogP contribution in [0.1, 0.15) is 21.7 Å². The molecule has 1 aliphatic heterocycles. The van der Waals surface area contributed by atoms with Gasteiger partial charge in [0.25, 0.3) is 5.91 Å². The van der Waals surface area contributed by atoms with E-state index in [1.165, 1.54) is 10.5 Å². The SMILES string of the molecule is COCCN1CC(NC(=O)c2cn3cc(-c4cc(C)c5nc(C)cn5n4)cc(F)c3n2)C1. The Balaban J connectivity index is 1.38. The molecule has 0 radical (unpaired) electrons. The second-order valence-corrected chi connectivity index (χ2v) is 8.22. The highest BCUT2D eigenvalue weighted by atomic mass is 19.1. The number of aromatic nitrogens is 5. The molecule has 4 aromatic rings. The second-order valence-electron chi connectivity index (χ2n) is 8.22. The van der Waals surface area contributed by atoms with Crippen LogP contribution in [0.3, 0.4) is 0 Å². The first-order valence-corrected chi connectivity index (χ1v) is 10.5. The number of carbonyl (C=O) groups is 1. The van der Waals surface area contributed by atoms with Crippen molar-refractivity contribution in [1.82, 2.24) is 34.2 Å². The van der Waals surface area contributed by atoms with E-state index < -0.39 is 5.82 Å². The first-order chi connectivity index (χ1) is 15.4. The van der Waals surface area contributed by atoms with Crippen LogP contribution in [0, 0.1) is 19.7 Å². The Bertz CT molecular complexity index is 1320. The molecule has 10 heteroatoms. The fourth-order valence-corrected chi connectivity index (χ4v) is 4.02. The first kappa shape index (κ1) is 20.5. The normalized spacial score (nSPS) is 14.9. The molecular formula is C22H24FN7O2. The Hall–Kier alpha value is -3.37. The van der Waals surface area contributed by atoms with Crippen LogP contribution in [0.5, 0.6) is 0 Å². The molecule has 1 saturated heterocycles. The summed E-state index contributed by atoms with van der Waals surface area (Å²) >= 11 is 0. The number of imidazole rings is 2. The number of methoxy groups -OCH3 is 1. The highest BCUT2D eigenvalue weighted by molar-refractivity contribution is 5.93. The molecule has 1 aliphatic rings. The predicted octanol–water partition coefficient (Wildman–Crippen LogP) is 1.86. The van der Waals surface area contributed by atoms with Gasteiger partial charge in [-0.2, -0.15) is 5.10 Å². The molecule has 4 aromatic heterocycles. The quantitative estimate of drug-likeness (QED) is 0.495. The summed E-state index contributed by atoms with van der Waals surface area (Å²) < 4.78 is 23.2. The molecule has 0 unspecified atom stereocenters. The van der Waals surface area contributed by atoms with Gasteiger partial charge < -0.3 is 14.5 Å². The number of likely N-dealkylation sites (tertiary alicyclic amines) is 1. The number of amides is 1. The number of halogens is 1. The summed E-state index contributed by atoms with van der Waals surface area (Å²) in [4.78, 5) is 23.5. The summed E-state index contributed by atoms with van der Waals surface area (Å²) in [6.45, 7) is 6.88. The third-order valence-electron chi connectivity index (χ3n) is 5.67. The van der Waals surface area contributed by atoms with E-state index in [0.29, 0.717) is 17.9 Å². The van der Waals surface area contributed by atoms with Gasteiger partial charge in [0.15, 0.2) is 17.1 Å². The van der Waals surface area contributed by atoms with E-state index in [1.54, 1.807) is 24.0 Å². The van der Waals surface area contributed by atoms with E-state index in [-0.39, 0.29) is 23.3 Å². The molecule has 166 valence electrons. The second kappa shape index (κ2) is 7.95. The van der Waals surface area contributed by atoms with Crippen molar-refractivity contribution >= 4 is 17.2 Å². The van der Waals surface area contributed by atoms with Crippen molar-refractivity contribution in [1.29, 1.82) is 0 Å². The minimum Gasteiger partial charge on any atom is -0.383 e. The summed E-state index contributed by atoms with van der Waals surface area (Å²) in [5, 5.41) is 7.52. The summed E-state index contributed by atoms with van der Waals surface area (Å²) in [5.41, 5.74) is 4.05. The molecule has 5 heterocycles. The maximum Gasteiger partial charge on any atom is 0.271 e. The van der Waals surface area contributed by atoms with Crippen LogP contribution in [0.4, 0.5) is 4.39 Å². The van der Waals surface area contributed by atoms with Gasteiger partial charge in [0.1, 0.15) is 5.69 Å². The smallest absolute Gasteiger partial charge is 0.271 e. The van der Waals surface area contributed by atoms with Crippen molar-refractivity contribution in [2.24, 2.45) is 0 Å². The molecule has 0 bridgehead atoms. The lowest BCUT2D eigenvalue weighted by atomic mass is 10.1. The van der Waals surface area contributed by atoms with E-state index in [9.17, 15) is 9.18 Å². The monoisotopic (exact) mass is 437 g/mol. The molecule has 0 saturated carbocycles. The zero-order valence-corrected chi connectivity index (χ0v) is 18.2. The van der Waals surface area contributed by atoms with E-state index in [0.717, 1.165) is 36.5 Å². The number of hydrogen-bond acceptors (Lipinski definition) is 6. The Labute approximate surface area is 183 Å². The summed E-state index contributed by atoms with van der Waals surface area (Å²) in [7, 11) is 1.67. The molecule has 0 spiro atoms. The maximum atomic E-state index is 14.9. The molecule has 1 fully saturated rings. The van der Waals surface area contributed by atoms with Crippen molar-refractivity contribution in [3.8, 4) is 11.3 Å². The molecule has 1 N–H and O–H groups in total. The highest BCUT2D eigenvalue weighted by Gasteiger charge is 2.28. The minimum absolute atomic E-state index is 0.0575. The first-order valence-electron chi connectivity index (χ1n) is 10.5. The summed E-state index contributed by atoms with van der Waals surface area (Å²) in [5.74, 6) is -0.826. The topological polar surface area (TPSA) is 89.1 Å². The van der Waals surface area contributed by atoms with Crippen molar-refractivity contribution in [2.45, 2.75) is 19.9 Å². The van der Waals surface area contributed by atoms with Gasteiger partial charge >= 0.3 is 0 Å². The molecule has 5 rings (SSSR count). The lowest BCUT2D eigenvalue weighted by Gasteiger charge is -2.39. The molecule has 0 aromatic carbocycles. The largest absolute Gasteiger partial charge is 0.383 e. The summed E-state index contributed by atoms with van der Waals surface area (Å²) in [6, 6.07) is 3.32. The lowest BCUT2D eigenvalue weighted by Crippen LogP contribution is -2.59. The third kappa shape index (κ3) is 3.71. The number of fused-ring (bicyclic) bond motifs is 2. The van der Waals surface area contributed by atoms with Gasteiger partial charge in [-0.1, -0.05) is 0 Å². The van der Waals surface area contributed by atoms with Crippen LogP contribution in [0.2, 0.25) is 0 Å². The van der Waals surface area contributed by atoms with Crippen molar-refractivity contribution in [3.05, 3.63) is 53.5 Å². The van der Waals surface area contributed by atoms with Gasteiger partial charge in [0.2, 0.25) is 0 Å². The Morgan fingerprint density at radius 2 is 2.00 bits per heavy atom. The number of carbonyl (C=O) groups excluding carboxylic acids is 1. The zero-order valence-electron chi connectivity index (χ0n) is 18.2. The van der Waals surface area contributed by atoms with Gasteiger partial charge in [-0.05, 0) is 31.5 Å². The van der Waals surface area contributed by atoms with Crippen molar-refractivity contribution in [2.75, 3.05) is 33.4 Å². The van der Waals surface area contributed by atoms with Crippen LogP contribution >= 0.6 is 0 Å². The number of ether oxygens (including phenoxy) is 1. The van der Waals surface area contributed by atoms with Gasteiger partial charge in [-0.15, -0.1) is 0 Å². The van der Waals surface area contributed by atoms with Crippen molar-refractivity contribution < 1.29 is 13.9 Å². The van der Waals surface area contributed by atoms with E-state index >= 15 is 0 Å². The summed E-state index contributed by atoms with van der Waals surface area (Å²) in [6.07, 6.45) is 5.11. The standard InChI is InChI=1S/C22H24FN7O2/c1-13-6-18(27-30-8-14(2)24-20(13)30)15-7-17(23)21-26-19(12-29(21)9-15)22(31)25-16-10-28(11-16)4-5-32-3/h6-9,12,16H,4-5,10-11H2,1-3H3,(H,25,31). The zero-order chi connectivity index (χ0) is 22.4. The number of pyridine rings is 1. The molecular weight excluding hydrogens is 413 g/mol. The fraction of sp³-hybridized carbons (Fsp3) is 0.364. The number of rotatable bonds is 6. The Kier molecular flexibility index (Phi) is 5.10. The fourth-order valence-electron chi connectivity index (χ4n) is 4.02. The van der Waals surface area contributed by atoms with E-state index in [4.69, 9.17) is 4.74 Å². The van der Waals surface area contributed by atoms with Crippen molar-refractivity contribution in [3.63, 3.8) is 0 Å². The molecule has 1 amide bonds. The van der Waals surface area contributed by atoms with Gasteiger partial charge in [-0.3, -0.25) is 9.69 Å². The van der Waals surface area contributed by atoms with Crippen LogP contribution in [-0.2, 0) is 4.74 Å². The van der Waals surface area contributed by atoms with Crippen LogP contribution in [0.25, 0.3) is 22.6 Å². The Morgan fingerprint density at radius 1 is 1.19 bits per heavy atom. The Morgan fingerprint density at radius 3 is 2.78 bits per heavy atom. The number of nitrogens with one attached hydrogen (secondary N) is 1. The third-order valence-corrected chi connectivity index (χ3v) is 5.67. The highest BCUT2D eigenvalue weighted by Crippen LogP contribution is 2.23. The van der Waals surface area contributed by atoms with Crippen LogP contribution in [0.15, 0.2) is 30.7 Å². The molecule has 32 heavy (non-hydrogen) atoms. The van der Waals surface area contributed by atoms with E-state index in [2.05, 4.69) is 25.3 Å². The average Bonchev–Trinajstić information content (AvgIpc) is 3.33. The number of hydrogen-bond donors (Lipinski definition) is 1. The van der Waals surface area contributed by atoms with Crippen LogP contribution in [-0.4, -0.2) is 74.2 Å². The minimum atomic E-state index is -0.516. The lowest BCUT2D eigenvalue weighted by molar-refractivity contribution is 0.0692. The van der Waals surface area contributed by atoms with Gasteiger partial charge in [-0.25, -0.2) is 18.9 Å². The number of nitrogens with zero attached hydrogens (tertiary/aromatic N) is 6. The molecule has 9 nitrogen and oxygen atoms in total. The molecule has 0 aliphatic carbocycles. The predicted molar refractivity (Wildman–Crippen MR) is 116 cm³/mol. The van der Waals surface area contributed by atoms with Crippen LogP contribution < -0.4 is 5.32 Å². The number of aryl methyl sites for hydroxylation is 2. The van der Waals surface area contributed by atoms with Gasteiger partial charge in [0, 0.05) is 44.7 Å². The average molecular weight is 437 g/mol. The molecule has 0 atom stereocenters. The van der Waals surface area contributed by atoms with E-state index in [1.807, 2.05) is 26.1 Å².